The number of rotatable bonds is 5. The summed E-state index contributed by atoms with van der Waals surface area (Å²) >= 11 is 0. The molecule has 1 heterocycles. The van der Waals surface area contributed by atoms with Crippen molar-refractivity contribution < 1.29 is 26.4 Å². The number of hydrogen-bond acceptors (Lipinski definition) is 4. The standard InChI is InChI=1S/C18H26F3N5O3S.HI/c1-22-17(23-12-13-4-6-14(7-5-13)16(27)25(2)3)24-15-8-10-26(11-9-15)30(28,29)18(19,20)21;/h4-7,15H,8-12H2,1-3H3,(H2,22,23,24);1H. The summed E-state index contributed by atoms with van der Waals surface area (Å²) in [5.41, 5.74) is -3.79. The Morgan fingerprint density at radius 2 is 1.74 bits per heavy atom. The molecule has 31 heavy (non-hydrogen) atoms. The minimum atomic E-state index is -5.29. The molecular formula is C18H27F3IN5O3S. The number of nitrogens with one attached hydrogen (secondary N) is 2. The normalized spacial score (nSPS) is 16.4. The summed E-state index contributed by atoms with van der Waals surface area (Å²) < 4.78 is 61.4. The zero-order valence-electron chi connectivity index (χ0n) is 17.4. The smallest absolute Gasteiger partial charge is 0.354 e. The van der Waals surface area contributed by atoms with Crippen molar-refractivity contribution in [2.75, 3.05) is 34.2 Å². The topological polar surface area (TPSA) is 94.1 Å². The van der Waals surface area contributed by atoms with Crippen molar-refractivity contribution in [2.24, 2.45) is 4.99 Å². The maximum Gasteiger partial charge on any atom is 0.511 e. The highest BCUT2D eigenvalue weighted by molar-refractivity contribution is 14.0. The van der Waals surface area contributed by atoms with Gasteiger partial charge in [0.15, 0.2) is 5.96 Å². The molecule has 1 saturated heterocycles. The SMILES string of the molecule is CN=C(NCc1ccc(C(=O)N(C)C)cc1)NC1CCN(S(=O)(=O)C(F)(F)F)CC1.I. The fourth-order valence-electron chi connectivity index (χ4n) is 2.98. The minimum absolute atomic E-state index is 0. The highest BCUT2D eigenvalue weighted by Crippen LogP contribution is 2.28. The third kappa shape index (κ3) is 7.20. The van der Waals surface area contributed by atoms with Crippen LogP contribution in [0.3, 0.4) is 0 Å². The summed E-state index contributed by atoms with van der Waals surface area (Å²) in [4.78, 5) is 17.5. The van der Waals surface area contributed by atoms with E-state index in [4.69, 9.17) is 0 Å². The van der Waals surface area contributed by atoms with Crippen molar-refractivity contribution >= 4 is 45.9 Å². The van der Waals surface area contributed by atoms with E-state index in [1.54, 1.807) is 33.3 Å². The lowest BCUT2D eigenvalue weighted by atomic mass is 10.1. The van der Waals surface area contributed by atoms with Crippen LogP contribution in [0.4, 0.5) is 13.2 Å². The Hall–Kier alpha value is -1.61. The number of amides is 1. The van der Waals surface area contributed by atoms with Gasteiger partial charge in [0.25, 0.3) is 5.91 Å². The Morgan fingerprint density at radius 1 is 1.19 bits per heavy atom. The van der Waals surface area contributed by atoms with E-state index >= 15 is 0 Å². The number of benzene rings is 1. The lowest BCUT2D eigenvalue weighted by Gasteiger charge is -2.32. The van der Waals surface area contributed by atoms with E-state index in [-0.39, 0.29) is 61.9 Å². The average molecular weight is 577 g/mol. The van der Waals surface area contributed by atoms with Crippen LogP contribution in [0, 0.1) is 0 Å². The van der Waals surface area contributed by atoms with Crippen molar-refractivity contribution in [1.82, 2.24) is 19.8 Å². The molecule has 0 radical (unpaired) electrons. The first-order valence-electron chi connectivity index (χ1n) is 9.30. The van der Waals surface area contributed by atoms with Gasteiger partial charge in [-0.25, -0.2) is 8.42 Å². The number of piperidine rings is 1. The lowest BCUT2D eigenvalue weighted by Crippen LogP contribution is -2.51. The van der Waals surface area contributed by atoms with Crippen LogP contribution in [0.25, 0.3) is 0 Å². The summed E-state index contributed by atoms with van der Waals surface area (Å²) in [6, 6.07) is 6.89. The van der Waals surface area contributed by atoms with Crippen LogP contribution >= 0.6 is 24.0 Å². The van der Waals surface area contributed by atoms with Crippen molar-refractivity contribution in [2.45, 2.75) is 30.9 Å². The second kappa shape index (κ2) is 11.3. The zero-order chi connectivity index (χ0) is 22.5. The first-order valence-corrected chi connectivity index (χ1v) is 10.7. The van der Waals surface area contributed by atoms with Crippen molar-refractivity contribution in [3.8, 4) is 0 Å². The van der Waals surface area contributed by atoms with Gasteiger partial charge in [-0.3, -0.25) is 9.79 Å². The molecule has 0 unspecified atom stereocenters. The molecule has 2 rings (SSSR count). The van der Waals surface area contributed by atoms with Crippen LogP contribution in [-0.2, 0) is 16.6 Å². The number of nitrogens with zero attached hydrogens (tertiary/aromatic N) is 3. The van der Waals surface area contributed by atoms with Gasteiger partial charge in [-0.15, -0.1) is 24.0 Å². The van der Waals surface area contributed by atoms with Gasteiger partial charge in [-0.2, -0.15) is 17.5 Å². The van der Waals surface area contributed by atoms with E-state index in [1.165, 1.54) is 4.90 Å². The molecule has 176 valence electrons. The van der Waals surface area contributed by atoms with Gasteiger partial charge in [0.1, 0.15) is 0 Å². The molecule has 2 N–H and O–H groups in total. The number of aliphatic imine (C=N–C) groups is 1. The molecule has 0 atom stereocenters. The Balaban J connectivity index is 0.00000480. The predicted molar refractivity (Wildman–Crippen MR) is 123 cm³/mol. The molecule has 1 amide bonds. The third-order valence-corrected chi connectivity index (χ3v) is 6.35. The Bertz CT molecular complexity index is 868. The van der Waals surface area contributed by atoms with Crippen molar-refractivity contribution in [3.05, 3.63) is 35.4 Å². The summed E-state index contributed by atoms with van der Waals surface area (Å²) in [5.74, 6) is 0.367. The van der Waals surface area contributed by atoms with Crippen LogP contribution in [0.5, 0.6) is 0 Å². The van der Waals surface area contributed by atoms with E-state index in [9.17, 15) is 26.4 Å². The van der Waals surface area contributed by atoms with Gasteiger partial charge in [-0.05, 0) is 30.5 Å². The molecule has 8 nitrogen and oxygen atoms in total. The van der Waals surface area contributed by atoms with Crippen LogP contribution in [0.15, 0.2) is 29.3 Å². The quantitative estimate of drug-likeness (QED) is 0.317. The molecule has 1 aliphatic rings. The average Bonchev–Trinajstić information content (AvgIpc) is 2.70. The van der Waals surface area contributed by atoms with Crippen molar-refractivity contribution in [1.29, 1.82) is 0 Å². The summed E-state index contributed by atoms with van der Waals surface area (Å²) in [5, 5.41) is 6.21. The maximum atomic E-state index is 12.7. The van der Waals surface area contributed by atoms with Gasteiger partial charge >= 0.3 is 15.5 Å². The predicted octanol–water partition coefficient (Wildman–Crippen LogP) is 1.99. The molecule has 1 aliphatic heterocycles. The Kier molecular flexibility index (Phi) is 10.0. The van der Waals surface area contributed by atoms with Gasteiger partial charge in [0.2, 0.25) is 0 Å². The van der Waals surface area contributed by atoms with E-state index in [0.29, 0.717) is 22.4 Å². The Labute approximate surface area is 197 Å². The minimum Gasteiger partial charge on any atom is -0.354 e. The number of guanidine groups is 1. The highest BCUT2D eigenvalue weighted by Gasteiger charge is 2.50. The molecule has 0 aliphatic carbocycles. The number of carbonyl (C=O) groups excluding carboxylic acids is 1. The van der Waals surface area contributed by atoms with E-state index in [0.717, 1.165) is 5.56 Å². The number of hydrogen-bond donors (Lipinski definition) is 2. The molecule has 1 fully saturated rings. The molecule has 0 saturated carbocycles. The fraction of sp³-hybridized carbons (Fsp3) is 0.556. The van der Waals surface area contributed by atoms with Crippen LogP contribution in [0.2, 0.25) is 0 Å². The van der Waals surface area contributed by atoms with Crippen molar-refractivity contribution in [3.63, 3.8) is 0 Å². The Morgan fingerprint density at radius 3 is 2.19 bits per heavy atom. The molecule has 0 bridgehead atoms. The van der Waals surface area contributed by atoms with Gasteiger partial charge < -0.3 is 15.5 Å². The molecule has 1 aromatic rings. The van der Waals surface area contributed by atoms with Crippen LogP contribution in [0.1, 0.15) is 28.8 Å². The number of sulfonamides is 1. The highest BCUT2D eigenvalue weighted by atomic mass is 127. The second-order valence-electron chi connectivity index (χ2n) is 7.09. The molecule has 0 aromatic heterocycles. The number of alkyl halides is 3. The molecular weight excluding hydrogens is 550 g/mol. The van der Waals surface area contributed by atoms with Gasteiger partial charge in [0, 0.05) is 52.4 Å². The summed E-state index contributed by atoms with van der Waals surface area (Å²) in [6.45, 7) is 0.00709. The largest absolute Gasteiger partial charge is 0.511 e. The zero-order valence-corrected chi connectivity index (χ0v) is 20.6. The second-order valence-corrected chi connectivity index (χ2v) is 9.02. The van der Waals surface area contributed by atoms with Gasteiger partial charge in [0.05, 0.1) is 0 Å². The number of carbonyl (C=O) groups is 1. The maximum absolute atomic E-state index is 12.7. The third-order valence-electron chi connectivity index (χ3n) is 4.72. The van der Waals surface area contributed by atoms with E-state index < -0.39 is 15.5 Å². The summed E-state index contributed by atoms with van der Waals surface area (Å²) in [6.07, 6.45) is 0.467. The first kappa shape index (κ1) is 27.4. The van der Waals surface area contributed by atoms with E-state index in [1.807, 2.05) is 12.1 Å². The molecule has 13 heteroatoms. The van der Waals surface area contributed by atoms with Crippen LogP contribution in [-0.4, -0.2) is 75.3 Å². The molecule has 1 aromatic carbocycles. The van der Waals surface area contributed by atoms with Gasteiger partial charge in [-0.1, -0.05) is 12.1 Å². The fourth-order valence-corrected chi connectivity index (χ4v) is 3.97. The lowest BCUT2D eigenvalue weighted by molar-refractivity contribution is -0.0494. The van der Waals surface area contributed by atoms with Crippen LogP contribution < -0.4 is 10.6 Å². The monoisotopic (exact) mass is 577 g/mol. The number of halogens is 4. The first-order chi connectivity index (χ1) is 14.0. The summed E-state index contributed by atoms with van der Waals surface area (Å²) in [7, 11) is -0.365. The van der Waals surface area contributed by atoms with E-state index in [2.05, 4.69) is 15.6 Å². The molecule has 0 spiro atoms.